The molecule has 200 valence electrons. The van der Waals surface area contributed by atoms with E-state index in [4.69, 9.17) is 10.7 Å². The summed E-state index contributed by atoms with van der Waals surface area (Å²) >= 11 is 0. The van der Waals surface area contributed by atoms with Crippen LogP contribution >= 0.6 is 0 Å². The molecule has 0 saturated carbocycles. The molecule has 5 rings (SSSR count). The smallest absolute Gasteiger partial charge is 0.256 e. The molecule has 4 aromatic rings. The van der Waals surface area contributed by atoms with E-state index in [1.807, 2.05) is 46.7 Å². The predicted octanol–water partition coefficient (Wildman–Crippen LogP) is 5.21. The van der Waals surface area contributed by atoms with Gasteiger partial charge in [-0.05, 0) is 68.5 Å². The van der Waals surface area contributed by atoms with E-state index in [-0.39, 0.29) is 17.9 Å². The molecule has 1 aliphatic heterocycles. The Morgan fingerprint density at radius 2 is 1.95 bits per heavy atom. The minimum atomic E-state index is -0.236. The lowest BCUT2D eigenvalue weighted by molar-refractivity contribution is -0.129. The van der Waals surface area contributed by atoms with Crippen molar-refractivity contribution in [3.8, 4) is 11.3 Å². The first-order valence-electron chi connectivity index (χ1n) is 13.4. The number of imidazole rings is 1. The fourth-order valence-electron chi connectivity index (χ4n) is 5.18. The molecule has 0 bridgehead atoms. The van der Waals surface area contributed by atoms with Gasteiger partial charge in [0.05, 0.1) is 6.04 Å². The number of piperidine rings is 1. The molecule has 1 fully saturated rings. The largest absolute Gasteiger partial charge is 0.382 e. The third-order valence-electron chi connectivity index (χ3n) is 7.03. The molecule has 0 radical (unpaired) electrons. The van der Waals surface area contributed by atoms with Crippen molar-refractivity contribution < 1.29 is 9.59 Å². The average molecular weight is 524 g/mol. The number of nitrogen functional groups attached to an aromatic ring is 1. The van der Waals surface area contributed by atoms with Crippen molar-refractivity contribution in [1.29, 1.82) is 0 Å². The van der Waals surface area contributed by atoms with E-state index < -0.39 is 0 Å². The molecule has 1 aromatic carbocycles. The zero-order valence-electron chi connectivity index (χ0n) is 22.3. The molecule has 1 saturated heterocycles. The van der Waals surface area contributed by atoms with Crippen molar-refractivity contribution in [3.63, 3.8) is 0 Å². The van der Waals surface area contributed by atoms with Crippen molar-refractivity contribution in [2.45, 2.75) is 52.0 Å². The van der Waals surface area contributed by atoms with Crippen LogP contribution < -0.4 is 11.1 Å². The molecule has 3 aromatic heterocycles. The Morgan fingerprint density at radius 1 is 1.13 bits per heavy atom. The van der Waals surface area contributed by atoms with Crippen LogP contribution in [0.3, 0.4) is 0 Å². The first-order chi connectivity index (χ1) is 19.0. The second-order valence-electron chi connectivity index (χ2n) is 9.72. The number of rotatable bonds is 7. The van der Waals surface area contributed by atoms with Gasteiger partial charge in [0.2, 0.25) is 5.91 Å². The van der Waals surface area contributed by atoms with Crippen LogP contribution in [0, 0.1) is 0 Å². The molecular formula is C30H33N7O2. The fourth-order valence-corrected chi connectivity index (χ4v) is 5.18. The van der Waals surface area contributed by atoms with Gasteiger partial charge in [0, 0.05) is 36.3 Å². The van der Waals surface area contributed by atoms with Crippen LogP contribution in [0.1, 0.15) is 67.3 Å². The highest BCUT2D eigenvalue weighted by Gasteiger charge is 2.31. The SMILES string of the molecule is CC=CC(=O)N1CCCC[C@H]1c1nc(-c2ccc(C(=O)Nc3cc(CCC)ccn3)cc2)c2c(N)nccn12. The Kier molecular flexibility index (Phi) is 7.67. The summed E-state index contributed by atoms with van der Waals surface area (Å²) < 4.78 is 1.94. The number of pyridine rings is 1. The Hall–Kier alpha value is -4.53. The van der Waals surface area contributed by atoms with E-state index in [0.717, 1.165) is 49.1 Å². The summed E-state index contributed by atoms with van der Waals surface area (Å²) in [6, 6.07) is 10.9. The number of likely N-dealkylation sites (tertiary alicyclic amines) is 1. The van der Waals surface area contributed by atoms with E-state index in [1.165, 1.54) is 0 Å². The molecule has 0 unspecified atom stereocenters. The maximum Gasteiger partial charge on any atom is 0.256 e. The van der Waals surface area contributed by atoms with Crippen molar-refractivity contribution >= 4 is 29.0 Å². The summed E-state index contributed by atoms with van der Waals surface area (Å²) in [6.45, 7) is 4.64. The van der Waals surface area contributed by atoms with Gasteiger partial charge < -0.3 is 16.0 Å². The van der Waals surface area contributed by atoms with Crippen molar-refractivity contribution in [1.82, 2.24) is 24.3 Å². The van der Waals surface area contributed by atoms with E-state index >= 15 is 0 Å². The number of benzene rings is 1. The summed E-state index contributed by atoms with van der Waals surface area (Å²) in [7, 11) is 0. The zero-order valence-corrected chi connectivity index (χ0v) is 22.3. The summed E-state index contributed by atoms with van der Waals surface area (Å²) in [5.74, 6) is 1.38. The highest BCUT2D eigenvalue weighted by Crippen LogP contribution is 2.36. The van der Waals surface area contributed by atoms with Gasteiger partial charge in [0.1, 0.15) is 28.7 Å². The Labute approximate surface area is 227 Å². The van der Waals surface area contributed by atoms with Crippen LogP contribution in [-0.4, -0.2) is 42.6 Å². The zero-order chi connectivity index (χ0) is 27.4. The second-order valence-corrected chi connectivity index (χ2v) is 9.72. The fraction of sp³-hybridized carbons (Fsp3) is 0.300. The maximum atomic E-state index is 12.9. The minimum absolute atomic E-state index is 0.0207. The molecule has 2 amide bonds. The van der Waals surface area contributed by atoms with Crippen LogP contribution in [0.2, 0.25) is 0 Å². The van der Waals surface area contributed by atoms with Gasteiger partial charge in [-0.1, -0.05) is 31.6 Å². The second kappa shape index (κ2) is 11.5. The molecule has 0 spiro atoms. The minimum Gasteiger partial charge on any atom is -0.382 e. The molecule has 9 nitrogen and oxygen atoms in total. The normalized spacial score (nSPS) is 15.6. The third kappa shape index (κ3) is 5.38. The molecule has 9 heteroatoms. The van der Waals surface area contributed by atoms with Crippen LogP contribution in [0.15, 0.2) is 67.1 Å². The van der Waals surface area contributed by atoms with E-state index in [0.29, 0.717) is 35.0 Å². The number of nitrogens with zero attached hydrogens (tertiary/aromatic N) is 5. The van der Waals surface area contributed by atoms with Crippen molar-refractivity contribution in [2.75, 3.05) is 17.6 Å². The first kappa shape index (κ1) is 26.1. The topological polar surface area (TPSA) is 119 Å². The van der Waals surface area contributed by atoms with Gasteiger partial charge in [-0.2, -0.15) is 0 Å². The number of hydrogen-bond donors (Lipinski definition) is 2. The molecule has 4 heterocycles. The van der Waals surface area contributed by atoms with E-state index in [1.54, 1.807) is 36.7 Å². The highest BCUT2D eigenvalue weighted by molar-refractivity contribution is 6.04. The van der Waals surface area contributed by atoms with Crippen LogP contribution in [0.5, 0.6) is 0 Å². The third-order valence-corrected chi connectivity index (χ3v) is 7.03. The number of aromatic nitrogens is 4. The number of aryl methyl sites for hydroxylation is 1. The van der Waals surface area contributed by atoms with Gasteiger partial charge in [-0.15, -0.1) is 0 Å². The lowest BCUT2D eigenvalue weighted by Crippen LogP contribution is -2.38. The summed E-state index contributed by atoms with van der Waals surface area (Å²) in [5.41, 5.74) is 10.1. The number of amides is 2. The van der Waals surface area contributed by atoms with Gasteiger partial charge in [0.15, 0.2) is 0 Å². The molecular weight excluding hydrogens is 490 g/mol. The van der Waals surface area contributed by atoms with E-state index in [2.05, 4.69) is 22.2 Å². The number of anilines is 2. The predicted molar refractivity (Wildman–Crippen MR) is 152 cm³/mol. The molecule has 39 heavy (non-hydrogen) atoms. The number of carbonyl (C=O) groups excluding carboxylic acids is 2. The Bertz CT molecular complexity index is 1520. The van der Waals surface area contributed by atoms with Crippen molar-refractivity contribution in [3.05, 3.63) is 84.1 Å². The van der Waals surface area contributed by atoms with Crippen LogP contribution in [0.4, 0.5) is 11.6 Å². The Morgan fingerprint density at radius 3 is 2.72 bits per heavy atom. The van der Waals surface area contributed by atoms with E-state index in [9.17, 15) is 9.59 Å². The lowest BCUT2D eigenvalue weighted by Gasteiger charge is -2.34. The number of nitrogens with two attached hydrogens (primary N) is 1. The monoisotopic (exact) mass is 523 g/mol. The number of fused-ring (bicyclic) bond motifs is 1. The van der Waals surface area contributed by atoms with Crippen molar-refractivity contribution in [2.24, 2.45) is 0 Å². The quantitative estimate of drug-likeness (QED) is 0.321. The molecule has 0 aliphatic carbocycles. The number of hydrogen-bond acceptors (Lipinski definition) is 6. The van der Waals surface area contributed by atoms with Crippen LogP contribution in [-0.2, 0) is 11.2 Å². The average Bonchev–Trinajstić information content (AvgIpc) is 3.34. The summed E-state index contributed by atoms with van der Waals surface area (Å²) in [5, 5.41) is 2.89. The Balaban J connectivity index is 1.46. The summed E-state index contributed by atoms with van der Waals surface area (Å²) in [4.78, 5) is 41.3. The maximum absolute atomic E-state index is 12.9. The standard InChI is InChI=1S/C30H33N7O2/c1-3-7-20-14-15-32-24(19-20)34-30(39)22-12-10-21(11-13-22)26-27-28(31)33-16-18-37(27)29(35-26)23-9-5-6-17-36(23)25(38)8-4-2/h4,8,10-16,18-19,23H,3,5-7,9,17H2,1-2H3,(H2,31,33)(H,32,34,39)/t23-/m0/s1. The number of nitrogens with one attached hydrogen (secondary N) is 1. The van der Waals surface area contributed by atoms with Gasteiger partial charge >= 0.3 is 0 Å². The van der Waals surface area contributed by atoms with Crippen LogP contribution in [0.25, 0.3) is 16.8 Å². The first-order valence-corrected chi connectivity index (χ1v) is 13.4. The molecule has 1 atom stereocenters. The summed E-state index contributed by atoms with van der Waals surface area (Å²) in [6.07, 6.45) is 13.3. The molecule has 3 N–H and O–H groups in total. The van der Waals surface area contributed by atoms with Gasteiger partial charge in [-0.25, -0.2) is 15.0 Å². The lowest BCUT2D eigenvalue weighted by atomic mass is 10.0. The number of carbonyl (C=O) groups is 2. The molecule has 1 aliphatic rings. The van der Waals surface area contributed by atoms with Gasteiger partial charge in [0.25, 0.3) is 5.91 Å². The highest BCUT2D eigenvalue weighted by atomic mass is 16.2. The van der Waals surface area contributed by atoms with Gasteiger partial charge in [-0.3, -0.25) is 14.0 Å². The number of allylic oxidation sites excluding steroid dienone is 1.